The molecule has 0 amide bonds. The molecular weight excluding hydrogens is 205 g/mol. The first-order valence-electron chi connectivity index (χ1n) is 4.33. The lowest BCUT2D eigenvalue weighted by atomic mass is 10.0. The minimum absolute atomic E-state index is 0.0141. The minimum atomic E-state index is -4.45. The summed E-state index contributed by atoms with van der Waals surface area (Å²) in [4.78, 5) is 3.67. The molecule has 1 rings (SSSR count). The van der Waals surface area contributed by atoms with Crippen LogP contribution in [0.2, 0.25) is 0 Å². The van der Waals surface area contributed by atoms with E-state index in [0.717, 1.165) is 12.3 Å². The van der Waals surface area contributed by atoms with Crippen LogP contribution in [0.25, 0.3) is 0 Å². The van der Waals surface area contributed by atoms with Crippen molar-refractivity contribution in [3.8, 4) is 6.07 Å². The third kappa shape index (κ3) is 2.46. The van der Waals surface area contributed by atoms with Crippen LogP contribution in [0.3, 0.4) is 0 Å². The summed E-state index contributed by atoms with van der Waals surface area (Å²) in [6, 6.07) is 2.56. The number of hydrogen-bond acceptors (Lipinski definition) is 2. The highest BCUT2D eigenvalue weighted by molar-refractivity contribution is 5.38. The Bertz CT molecular complexity index is 402. The summed E-state index contributed by atoms with van der Waals surface area (Å²) in [7, 11) is 0. The van der Waals surface area contributed by atoms with E-state index in [4.69, 9.17) is 5.26 Å². The second-order valence-corrected chi connectivity index (χ2v) is 3.42. The van der Waals surface area contributed by atoms with E-state index in [1.54, 1.807) is 19.9 Å². The molecule has 0 atom stereocenters. The van der Waals surface area contributed by atoms with Crippen molar-refractivity contribution in [3.63, 3.8) is 0 Å². The SMILES string of the molecule is CC(C)c1ncc(C(F)(F)F)cc1C#N. The molecule has 0 N–H and O–H groups in total. The van der Waals surface area contributed by atoms with Crippen molar-refractivity contribution >= 4 is 0 Å². The predicted octanol–water partition coefficient (Wildman–Crippen LogP) is 3.10. The van der Waals surface area contributed by atoms with Crippen molar-refractivity contribution in [2.75, 3.05) is 0 Å². The summed E-state index contributed by atoms with van der Waals surface area (Å²) in [5.41, 5.74) is -0.506. The highest BCUT2D eigenvalue weighted by atomic mass is 19.4. The van der Waals surface area contributed by atoms with E-state index in [9.17, 15) is 13.2 Å². The van der Waals surface area contributed by atoms with Crippen LogP contribution in [0.15, 0.2) is 12.3 Å². The molecule has 15 heavy (non-hydrogen) atoms. The van der Waals surface area contributed by atoms with Crippen molar-refractivity contribution in [1.82, 2.24) is 4.98 Å². The molecule has 0 unspecified atom stereocenters. The average molecular weight is 214 g/mol. The molecule has 0 aliphatic carbocycles. The van der Waals surface area contributed by atoms with Crippen LogP contribution in [0.1, 0.15) is 36.6 Å². The zero-order chi connectivity index (χ0) is 11.6. The Morgan fingerprint density at radius 1 is 1.40 bits per heavy atom. The lowest BCUT2D eigenvalue weighted by Gasteiger charge is -2.10. The topological polar surface area (TPSA) is 36.7 Å². The summed E-state index contributed by atoms with van der Waals surface area (Å²) in [5, 5.41) is 8.70. The molecule has 0 fully saturated rings. The largest absolute Gasteiger partial charge is 0.417 e. The van der Waals surface area contributed by atoms with Gasteiger partial charge in [0.25, 0.3) is 0 Å². The van der Waals surface area contributed by atoms with E-state index in [1.165, 1.54) is 0 Å². The van der Waals surface area contributed by atoms with Crippen molar-refractivity contribution in [2.24, 2.45) is 0 Å². The zero-order valence-electron chi connectivity index (χ0n) is 8.26. The Morgan fingerprint density at radius 2 is 2.00 bits per heavy atom. The van der Waals surface area contributed by atoms with E-state index < -0.39 is 11.7 Å². The van der Waals surface area contributed by atoms with E-state index in [1.807, 2.05) is 0 Å². The van der Waals surface area contributed by atoms with E-state index >= 15 is 0 Å². The normalized spacial score (nSPS) is 11.5. The number of aromatic nitrogens is 1. The van der Waals surface area contributed by atoms with Crippen molar-refractivity contribution in [2.45, 2.75) is 25.9 Å². The fraction of sp³-hybridized carbons (Fsp3) is 0.400. The number of nitrogens with zero attached hydrogens (tertiary/aromatic N) is 2. The maximum Gasteiger partial charge on any atom is 0.417 e. The van der Waals surface area contributed by atoms with Gasteiger partial charge in [-0.25, -0.2) is 0 Å². The highest BCUT2D eigenvalue weighted by Gasteiger charge is 2.31. The molecule has 0 aliphatic rings. The van der Waals surface area contributed by atoms with Gasteiger partial charge in [-0.2, -0.15) is 18.4 Å². The van der Waals surface area contributed by atoms with Crippen molar-refractivity contribution in [1.29, 1.82) is 5.26 Å². The molecule has 1 aromatic heterocycles. The average Bonchev–Trinajstić information content (AvgIpc) is 2.15. The van der Waals surface area contributed by atoms with Crippen LogP contribution in [-0.4, -0.2) is 4.98 Å². The van der Waals surface area contributed by atoms with E-state index in [-0.39, 0.29) is 11.5 Å². The van der Waals surface area contributed by atoms with Crippen LogP contribution < -0.4 is 0 Å². The first kappa shape index (κ1) is 11.5. The smallest absolute Gasteiger partial charge is 0.259 e. The van der Waals surface area contributed by atoms with E-state index in [0.29, 0.717) is 5.69 Å². The maximum absolute atomic E-state index is 12.3. The van der Waals surface area contributed by atoms with Crippen LogP contribution in [-0.2, 0) is 6.18 Å². The molecule has 2 nitrogen and oxygen atoms in total. The van der Waals surface area contributed by atoms with Gasteiger partial charge in [-0.15, -0.1) is 0 Å². The highest BCUT2D eigenvalue weighted by Crippen LogP contribution is 2.30. The number of nitriles is 1. The van der Waals surface area contributed by atoms with Gasteiger partial charge in [0, 0.05) is 6.20 Å². The van der Waals surface area contributed by atoms with Crippen LogP contribution in [0.5, 0.6) is 0 Å². The molecule has 0 radical (unpaired) electrons. The number of halogens is 3. The zero-order valence-corrected chi connectivity index (χ0v) is 8.26. The Hall–Kier alpha value is -1.57. The van der Waals surface area contributed by atoms with Crippen LogP contribution in [0.4, 0.5) is 13.2 Å². The predicted molar refractivity (Wildman–Crippen MR) is 48.0 cm³/mol. The number of rotatable bonds is 1. The standard InChI is InChI=1S/C10H9F3N2/c1-6(2)9-7(4-14)3-8(5-15-9)10(11,12)13/h3,5-6H,1-2H3. The van der Waals surface area contributed by atoms with Gasteiger partial charge in [-0.3, -0.25) is 4.98 Å². The molecule has 0 saturated heterocycles. The van der Waals surface area contributed by atoms with Crippen molar-refractivity contribution < 1.29 is 13.2 Å². The summed E-state index contributed by atoms with van der Waals surface area (Å²) in [6.45, 7) is 3.55. The second kappa shape index (κ2) is 3.89. The molecule has 1 aromatic rings. The van der Waals surface area contributed by atoms with E-state index in [2.05, 4.69) is 4.98 Å². The Balaban J connectivity index is 3.27. The minimum Gasteiger partial charge on any atom is -0.259 e. The van der Waals surface area contributed by atoms with Gasteiger partial charge in [-0.1, -0.05) is 13.8 Å². The molecule has 80 valence electrons. The maximum atomic E-state index is 12.3. The van der Waals surface area contributed by atoms with Gasteiger partial charge < -0.3 is 0 Å². The molecule has 0 aliphatic heterocycles. The molecule has 5 heteroatoms. The number of alkyl halides is 3. The first-order valence-corrected chi connectivity index (χ1v) is 4.33. The number of hydrogen-bond donors (Lipinski definition) is 0. The van der Waals surface area contributed by atoms with Gasteiger partial charge in [-0.05, 0) is 12.0 Å². The molecule has 0 aromatic carbocycles. The molecule has 0 saturated carbocycles. The summed E-state index contributed by atoms with van der Waals surface area (Å²) in [6.07, 6.45) is -3.69. The molecular formula is C10H9F3N2. The lowest BCUT2D eigenvalue weighted by molar-refractivity contribution is -0.137. The third-order valence-corrected chi connectivity index (χ3v) is 1.91. The van der Waals surface area contributed by atoms with Crippen LogP contribution in [0, 0.1) is 11.3 Å². The number of pyridine rings is 1. The summed E-state index contributed by atoms with van der Waals surface area (Å²) < 4.78 is 36.9. The van der Waals surface area contributed by atoms with Gasteiger partial charge >= 0.3 is 6.18 Å². The molecule has 0 bridgehead atoms. The quantitative estimate of drug-likeness (QED) is 0.720. The van der Waals surface area contributed by atoms with Gasteiger partial charge in [0.1, 0.15) is 6.07 Å². The molecule has 1 heterocycles. The Morgan fingerprint density at radius 3 is 2.40 bits per heavy atom. The van der Waals surface area contributed by atoms with Gasteiger partial charge in [0.05, 0.1) is 16.8 Å². The van der Waals surface area contributed by atoms with Crippen molar-refractivity contribution in [3.05, 3.63) is 29.1 Å². The fourth-order valence-electron chi connectivity index (χ4n) is 1.18. The first-order chi connectivity index (χ1) is 6.86. The fourth-order valence-corrected chi connectivity index (χ4v) is 1.18. The second-order valence-electron chi connectivity index (χ2n) is 3.42. The summed E-state index contributed by atoms with van der Waals surface area (Å²) in [5.74, 6) is -0.0677. The lowest BCUT2D eigenvalue weighted by Crippen LogP contribution is -2.08. The third-order valence-electron chi connectivity index (χ3n) is 1.91. The van der Waals surface area contributed by atoms with Gasteiger partial charge in [0.2, 0.25) is 0 Å². The monoisotopic (exact) mass is 214 g/mol. The van der Waals surface area contributed by atoms with Gasteiger partial charge in [0.15, 0.2) is 0 Å². The summed E-state index contributed by atoms with van der Waals surface area (Å²) >= 11 is 0. The Labute approximate surface area is 85.4 Å². The Kier molecular flexibility index (Phi) is 2.98. The molecule has 0 spiro atoms. The van der Waals surface area contributed by atoms with Crippen LogP contribution >= 0.6 is 0 Å².